The Labute approximate surface area is 139 Å². The molecule has 0 rings (SSSR count). The molecule has 0 aliphatic rings. The summed E-state index contributed by atoms with van der Waals surface area (Å²) in [6.45, 7) is 15.1. The first-order valence-electron chi connectivity index (χ1n) is 9.54. The van der Waals surface area contributed by atoms with Gasteiger partial charge in [0, 0.05) is 23.4 Å². The molecule has 0 saturated heterocycles. The molecule has 0 radical (unpaired) electrons. The zero-order valence-corrected chi connectivity index (χ0v) is 16.3. The number of carbonyl (C=O) groups excluding carboxylic acids is 1. The Morgan fingerprint density at radius 2 is 1.41 bits per heavy atom. The van der Waals surface area contributed by atoms with Gasteiger partial charge in [-0.3, -0.25) is 4.79 Å². The van der Waals surface area contributed by atoms with E-state index in [1.807, 2.05) is 0 Å². The highest BCUT2D eigenvalue weighted by Gasteiger charge is 2.34. The van der Waals surface area contributed by atoms with Crippen LogP contribution in [0.2, 0.25) is 0 Å². The van der Waals surface area contributed by atoms with Crippen LogP contribution in [0.3, 0.4) is 0 Å². The van der Waals surface area contributed by atoms with Crippen LogP contribution in [-0.2, 0) is 4.79 Å². The van der Waals surface area contributed by atoms with Crippen molar-refractivity contribution in [1.29, 1.82) is 0 Å². The van der Waals surface area contributed by atoms with Gasteiger partial charge in [-0.25, -0.2) is 0 Å². The molecule has 1 unspecified atom stereocenters. The molecule has 0 saturated carbocycles. The van der Waals surface area contributed by atoms with Gasteiger partial charge in [0.15, 0.2) is 0 Å². The van der Waals surface area contributed by atoms with Crippen LogP contribution in [0.5, 0.6) is 0 Å². The number of nitrogens with one attached hydrogen (secondary N) is 1. The first-order chi connectivity index (χ1) is 10.2. The molecule has 0 aliphatic carbocycles. The fourth-order valence-corrected chi connectivity index (χ4v) is 3.13. The zero-order valence-electron chi connectivity index (χ0n) is 16.3. The zero-order chi connectivity index (χ0) is 17.2. The number of carbonyl (C=O) groups is 1. The number of hydrogen-bond acceptors (Lipinski definition) is 2. The highest BCUT2D eigenvalue weighted by atomic mass is 16.1. The molecule has 0 bridgehead atoms. The normalized spacial score (nSPS) is 15.1. The van der Waals surface area contributed by atoms with Crippen LogP contribution < -0.4 is 5.32 Å². The number of ketones is 1. The summed E-state index contributed by atoms with van der Waals surface area (Å²) in [6.07, 6.45) is 9.52. The smallest absolute Gasteiger partial charge is 0.142 e. The molecule has 0 aliphatic heterocycles. The van der Waals surface area contributed by atoms with Gasteiger partial charge in [-0.2, -0.15) is 0 Å². The van der Waals surface area contributed by atoms with Gasteiger partial charge in [0.1, 0.15) is 5.78 Å². The molecule has 0 amide bonds. The van der Waals surface area contributed by atoms with Crippen molar-refractivity contribution in [3.63, 3.8) is 0 Å². The summed E-state index contributed by atoms with van der Waals surface area (Å²) in [5.41, 5.74) is -0.238. The standard InChI is InChI=1S/C20H41NO/c1-8-10-12-14-17(19(22)20(5,6)7)18(21-16(3)4)15-13-11-9-2/h16-18,21H,8-15H2,1-7H3/t17-,18?/m0/s1. The Morgan fingerprint density at radius 1 is 0.909 bits per heavy atom. The number of Topliss-reactive ketones (excluding diaryl/α,β-unsaturated/α-hetero) is 1. The Bertz CT molecular complexity index is 291. The third-order valence-corrected chi connectivity index (χ3v) is 4.35. The Hall–Kier alpha value is -0.370. The van der Waals surface area contributed by atoms with E-state index in [2.05, 4.69) is 53.8 Å². The highest BCUT2D eigenvalue weighted by molar-refractivity contribution is 5.86. The van der Waals surface area contributed by atoms with Crippen molar-refractivity contribution in [2.75, 3.05) is 0 Å². The van der Waals surface area contributed by atoms with E-state index in [1.165, 1.54) is 38.5 Å². The van der Waals surface area contributed by atoms with Crippen LogP contribution in [0, 0.1) is 11.3 Å². The van der Waals surface area contributed by atoms with Crippen molar-refractivity contribution in [2.24, 2.45) is 11.3 Å². The number of unbranched alkanes of at least 4 members (excludes halogenated alkanes) is 4. The van der Waals surface area contributed by atoms with Crippen LogP contribution in [0.4, 0.5) is 0 Å². The van der Waals surface area contributed by atoms with Gasteiger partial charge in [-0.1, -0.05) is 87.0 Å². The maximum atomic E-state index is 13.0. The van der Waals surface area contributed by atoms with Gasteiger partial charge in [-0.05, 0) is 12.8 Å². The summed E-state index contributed by atoms with van der Waals surface area (Å²) >= 11 is 0. The van der Waals surface area contributed by atoms with E-state index in [-0.39, 0.29) is 11.3 Å². The Balaban J connectivity index is 5.01. The first-order valence-corrected chi connectivity index (χ1v) is 9.54. The lowest BCUT2D eigenvalue weighted by Gasteiger charge is -2.33. The van der Waals surface area contributed by atoms with Crippen molar-refractivity contribution < 1.29 is 4.79 Å². The van der Waals surface area contributed by atoms with Crippen molar-refractivity contribution >= 4 is 5.78 Å². The molecular formula is C20H41NO. The van der Waals surface area contributed by atoms with Crippen molar-refractivity contribution in [3.05, 3.63) is 0 Å². The predicted molar refractivity (Wildman–Crippen MR) is 98.3 cm³/mol. The minimum Gasteiger partial charge on any atom is -0.311 e. The van der Waals surface area contributed by atoms with E-state index < -0.39 is 0 Å². The fraction of sp³-hybridized carbons (Fsp3) is 0.950. The van der Waals surface area contributed by atoms with Gasteiger partial charge in [0.05, 0.1) is 0 Å². The van der Waals surface area contributed by atoms with Gasteiger partial charge in [-0.15, -0.1) is 0 Å². The van der Waals surface area contributed by atoms with Crippen molar-refractivity contribution in [3.8, 4) is 0 Å². The lowest BCUT2D eigenvalue weighted by molar-refractivity contribution is -0.131. The van der Waals surface area contributed by atoms with E-state index in [4.69, 9.17) is 0 Å². The number of hydrogen-bond donors (Lipinski definition) is 1. The average Bonchev–Trinajstić information content (AvgIpc) is 2.41. The van der Waals surface area contributed by atoms with E-state index in [1.54, 1.807) is 0 Å². The van der Waals surface area contributed by atoms with Crippen LogP contribution >= 0.6 is 0 Å². The summed E-state index contributed by atoms with van der Waals surface area (Å²) in [5, 5.41) is 3.70. The minimum atomic E-state index is -0.238. The molecule has 0 fully saturated rings. The lowest BCUT2D eigenvalue weighted by Crippen LogP contribution is -2.46. The van der Waals surface area contributed by atoms with E-state index in [9.17, 15) is 4.79 Å². The second-order valence-corrected chi connectivity index (χ2v) is 8.14. The second-order valence-electron chi connectivity index (χ2n) is 8.14. The maximum absolute atomic E-state index is 13.0. The fourth-order valence-electron chi connectivity index (χ4n) is 3.13. The molecule has 0 heterocycles. The molecule has 0 aromatic carbocycles. The molecule has 1 N–H and O–H groups in total. The predicted octanol–water partition coefficient (Wildman–Crippen LogP) is 5.75. The van der Waals surface area contributed by atoms with Crippen LogP contribution in [0.1, 0.15) is 99.8 Å². The van der Waals surface area contributed by atoms with E-state index >= 15 is 0 Å². The average molecular weight is 312 g/mol. The molecule has 132 valence electrons. The monoisotopic (exact) mass is 311 g/mol. The summed E-state index contributed by atoms with van der Waals surface area (Å²) in [7, 11) is 0. The van der Waals surface area contributed by atoms with Gasteiger partial charge in [0.2, 0.25) is 0 Å². The largest absolute Gasteiger partial charge is 0.311 e. The topological polar surface area (TPSA) is 29.1 Å². The molecule has 0 aromatic heterocycles. The van der Waals surface area contributed by atoms with Gasteiger partial charge in [0.25, 0.3) is 0 Å². The second kappa shape index (κ2) is 11.2. The third kappa shape index (κ3) is 8.92. The highest BCUT2D eigenvalue weighted by Crippen LogP contribution is 2.28. The third-order valence-electron chi connectivity index (χ3n) is 4.35. The number of rotatable bonds is 12. The Morgan fingerprint density at radius 3 is 1.82 bits per heavy atom. The van der Waals surface area contributed by atoms with Crippen molar-refractivity contribution in [2.45, 2.75) is 112 Å². The van der Waals surface area contributed by atoms with Crippen LogP contribution in [-0.4, -0.2) is 17.9 Å². The molecule has 2 heteroatoms. The maximum Gasteiger partial charge on any atom is 0.142 e. The quantitative estimate of drug-likeness (QED) is 0.465. The molecular weight excluding hydrogens is 270 g/mol. The molecule has 2 nitrogen and oxygen atoms in total. The summed E-state index contributed by atoms with van der Waals surface area (Å²) < 4.78 is 0. The minimum absolute atomic E-state index is 0.172. The van der Waals surface area contributed by atoms with Crippen LogP contribution in [0.15, 0.2) is 0 Å². The van der Waals surface area contributed by atoms with E-state index in [0.717, 1.165) is 12.8 Å². The van der Waals surface area contributed by atoms with Gasteiger partial charge < -0.3 is 5.32 Å². The Kier molecular flexibility index (Phi) is 11.0. The van der Waals surface area contributed by atoms with Gasteiger partial charge >= 0.3 is 0 Å². The van der Waals surface area contributed by atoms with Crippen LogP contribution in [0.25, 0.3) is 0 Å². The lowest BCUT2D eigenvalue weighted by atomic mass is 9.76. The molecule has 0 spiro atoms. The summed E-state index contributed by atoms with van der Waals surface area (Å²) in [5.74, 6) is 0.615. The summed E-state index contributed by atoms with van der Waals surface area (Å²) in [4.78, 5) is 13.0. The SMILES string of the molecule is CCCCCC(NC(C)C)[C@H](CCCCC)C(=O)C(C)(C)C. The van der Waals surface area contributed by atoms with Crippen molar-refractivity contribution in [1.82, 2.24) is 5.32 Å². The van der Waals surface area contributed by atoms with E-state index in [0.29, 0.717) is 17.9 Å². The summed E-state index contributed by atoms with van der Waals surface area (Å²) in [6, 6.07) is 0.781. The first kappa shape index (κ1) is 21.6. The molecule has 0 aromatic rings. The molecule has 22 heavy (non-hydrogen) atoms. The molecule has 2 atom stereocenters.